The Morgan fingerprint density at radius 3 is 2.52 bits per heavy atom. The number of carbonyl (C=O) groups is 1. The molecule has 1 amide bonds. The van der Waals surface area contributed by atoms with Crippen molar-refractivity contribution in [3.8, 4) is 0 Å². The van der Waals surface area contributed by atoms with Gasteiger partial charge in [-0.3, -0.25) is 9.63 Å². The normalized spacial score (nSPS) is 20.4. The first-order valence-electron chi connectivity index (χ1n) is 6.91. The molecule has 0 radical (unpaired) electrons. The van der Waals surface area contributed by atoms with Gasteiger partial charge in [-0.1, -0.05) is 54.6 Å². The summed E-state index contributed by atoms with van der Waals surface area (Å²) in [5.41, 5.74) is 1.99. The highest BCUT2D eigenvalue weighted by Crippen LogP contribution is 2.40. The number of nitrogens with zero attached hydrogens (tertiary/aromatic N) is 1. The molecule has 1 aliphatic heterocycles. The summed E-state index contributed by atoms with van der Waals surface area (Å²) in [5, 5.41) is 1.43. The van der Waals surface area contributed by atoms with E-state index < -0.39 is 5.54 Å². The molecule has 2 aromatic rings. The van der Waals surface area contributed by atoms with Crippen LogP contribution in [0.25, 0.3) is 0 Å². The van der Waals surface area contributed by atoms with Gasteiger partial charge in [-0.2, -0.15) is 0 Å². The summed E-state index contributed by atoms with van der Waals surface area (Å²) in [6.45, 7) is 6.17. The zero-order chi connectivity index (χ0) is 14.9. The summed E-state index contributed by atoms with van der Waals surface area (Å²) in [6, 6.07) is 17.4. The molecule has 0 fully saturated rings. The summed E-state index contributed by atoms with van der Waals surface area (Å²) in [4.78, 5) is 18.3. The largest absolute Gasteiger partial charge is 0.278 e. The van der Waals surface area contributed by atoms with E-state index in [1.54, 1.807) is 6.08 Å². The molecular formula is C18H17NO2. The maximum absolute atomic E-state index is 12.5. The van der Waals surface area contributed by atoms with Crippen molar-refractivity contribution in [2.45, 2.75) is 19.1 Å². The van der Waals surface area contributed by atoms with Crippen LogP contribution in [0.3, 0.4) is 0 Å². The summed E-state index contributed by atoms with van der Waals surface area (Å²) in [5.74, 6) is -0.121. The van der Waals surface area contributed by atoms with Crippen LogP contribution in [0.5, 0.6) is 0 Å². The number of rotatable bonds is 4. The predicted molar refractivity (Wildman–Crippen MR) is 81.4 cm³/mol. The van der Waals surface area contributed by atoms with Crippen molar-refractivity contribution in [2.24, 2.45) is 0 Å². The van der Waals surface area contributed by atoms with Crippen LogP contribution in [-0.2, 0) is 17.0 Å². The highest BCUT2D eigenvalue weighted by Gasteiger charge is 2.45. The quantitative estimate of drug-likeness (QED) is 0.799. The molecule has 1 atom stereocenters. The standard InChI is InChI=1S/C18H17NO2/c1-3-18(2)16-12-8-7-11-15(16)17(20)19(18)21-13-14-9-5-4-6-10-14/h3-12H,1,13H2,2H3. The average Bonchev–Trinajstić information content (AvgIpc) is 2.76. The van der Waals surface area contributed by atoms with Crippen molar-refractivity contribution in [3.05, 3.63) is 83.9 Å². The van der Waals surface area contributed by atoms with Crippen LogP contribution >= 0.6 is 0 Å². The van der Waals surface area contributed by atoms with Crippen LogP contribution in [0, 0.1) is 0 Å². The molecule has 0 bridgehead atoms. The Balaban J connectivity index is 1.89. The number of hydrogen-bond donors (Lipinski definition) is 0. The molecule has 0 spiro atoms. The van der Waals surface area contributed by atoms with Gasteiger partial charge in [0.15, 0.2) is 0 Å². The van der Waals surface area contributed by atoms with E-state index in [1.165, 1.54) is 5.06 Å². The van der Waals surface area contributed by atoms with E-state index in [9.17, 15) is 4.79 Å². The first-order valence-corrected chi connectivity index (χ1v) is 6.91. The van der Waals surface area contributed by atoms with Gasteiger partial charge in [-0.05, 0) is 24.1 Å². The van der Waals surface area contributed by atoms with Gasteiger partial charge < -0.3 is 0 Å². The van der Waals surface area contributed by atoms with Crippen LogP contribution in [0.2, 0.25) is 0 Å². The number of hydrogen-bond acceptors (Lipinski definition) is 2. The lowest BCUT2D eigenvalue weighted by Crippen LogP contribution is -2.39. The van der Waals surface area contributed by atoms with Crippen LogP contribution < -0.4 is 0 Å². The minimum absolute atomic E-state index is 0.121. The molecule has 0 aromatic heterocycles. The van der Waals surface area contributed by atoms with E-state index in [0.29, 0.717) is 12.2 Å². The molecule has 2 aromatic carbocycles. The Kier molecular flexibility index (Phi) is 3.35. The fourth-order valence-electron chi connectivity index (χ4n) is 2.64. The number of hydroxylamine groups is 2. The lowest BCUT2D eigenvalue weighted by molar-refractivity contribution is -0.173. The van der Waals surface area contributed by atoms with Crippen molar-refractivity contribution in [3.63, 3.8) is 0 Å². The Bertz CT molecular complexity index is 681. The molecule has 0 saturated heterocycles. The maximum atomic E-state index is 12.5. The molecule has 0 saturated carbocycles. The van der Waals surface area contributed by atoms with Gasteiger partial charge in [-0.25, -0.2) is 5.06 Å². The first-order chi connectivity index (χ1) is 10.2. The third-order valence-electron chi connectivity index (χ3n) is 3.91. The minimum atomic E-state index is -0.636. The molecule has 3 rings (SSSR count). The van der Waals surface area contributed by atoms with Crippen molar-refractivity contribution < 1.29 is 9.63 Å². The molecule has 3 nitrogen and oxygen atoms in total. The molecule has 0 aliphatic carbocycles. The van der Waals surface area contributed by atoms with E-state index in [4.69, 9.17) is 4.84 Å². The number of fused-ring (bicyclic) bond motifs is 1. The van der Waals surface area contributed by atoms with E-state index in [2.05, 4.69) is 6.58 Å². The monoisotopic (exact) mass is 279 g/mol. The SMILES string of the molecule is C=CC1(C)c2ccccc2C(=O)N1OCc1ccccc1. The van der Waals surface area contributed by atoms with Crippen LogP contribution in [-0.4, -0.2) is 11.0 Å². The zero-order valence-corrected chi connectivity index (χ0v) is 12.0. The van der Waals surface area contributed by atoms with Crippen molar-refractivity contribution >= 4 is 5.91 Å². The highest BCUT2D eigenvalue weighted by atomic mass is 16.7. The Labute approximate surface area is 124 Å². The Hall–Kier alpha value is -2.39. The Morgan fingerprint density at radius 2 is 1.81 bits per heavy atom. The van der Waals surface area contributed by atoms with E-state index in [0.717, 1.165) is 11.1 Å². The smallest absolute Gasteiger partial charge is 0.267 e. The molecule has 0 N–H and O–H groups in total. The first kappa shape index (κ1) is 13.6. The molecule has 21 heavy (non-hydrogen) atoms. The zero-order valence-electron chi connectivity index (χ0n) is 12.0. The van der Waals surface area contributed by atoms with E-state index in [1.807, 2.05) is 61.5 Å². The fraction of sp³-hybridized carbons (Fsp3) is 0.167. The Morgan fingerprint density at radius 1 is 1.14 bits per heavy atom. The predicted octanol–water partition coefficient (Wildman–Crippen LogP) is 3.68. The molecular weight excluding hydrogens is 262 g/mol. The second-order valence-corrected chi connectivity index (χ2v) is 5.26. The average molecular weight is 279 g/mol. The fourth-order valence-corrected chi connectivity index (χ4v) is 2.64. The van der Waals surface area contributed by atoms with Gasteiger partial charge in [0.2, 0.25) is 0 Å². The van der Waals surface area contributed by atoms with Gasteiger partial charge in [0.1, 0.15) is 12.1 Å². The number of amides is 1. The second-order valence-electron chi connectivity index (χ2n) is 5.26. The topological polar surface area (TPSA) is 29.5 Å². The second kappa shape index (κ2) is 5.19. The summed E-state index contributed by atoms with van der Waals surface area (Å²) in [6.07, 6.45) is 1.75. The minimum Gasteiger partial charge on any atom is -0.267 e. The number of benzene rings is 2. The third kappa shape index (κ3) is 2.16. The van der Waals surface area contributed by atoms with Gasteiger partial charge in [0, 0.05) is 5.56 Å². The van der Waals surface area contributed by atoms with Crippen LogP contribution in [0.4, 0.5) is 0 Å². The number of carbonyl (C=O) groups excluding carboxylic acids is 1. The highest BCUT2D eigenvalue weighted by molar-refractivity contribution is 5.99. The van der Waals surface area contributed by atoms with Crippen molar-refractivity contribution in [1.82, 2.24) is 5.06 Å². The molecule has 3 heteroatoms. The maximum Gasteiger partial charge on any atom is 0.278 e. The van der Waals surface area contributed by atoms with Crippen LogP contribution in [0.1, 0.15) is 28.4 Å². The van der Waals surface area contributed by atoms with E-state index in [-0.39, 0.29) is 5.91 Å². The van der Waals surface area contributed by atoms with Gasteiger partial charge in [-0.15, -0.1) is 6.58 Å². The van der Waals surface area contributed by atoms with E-state index >= 15 is 0 Å². The summed E-state index contributed by atoms with van der Waals surface area (Å²) < 4.78 is 0. The summed E-state index contributed by atoms with van der Waals surface area (Å²) >= 11 is 0. The lowest BCUT2D eigenvalue weighted by atomic mass is 9.93. The van der Waals surface area contributed by atoms with Gasteiger partial charge in [0.25, 0.3) is 5.91 Å². The van der Waals surface area contributed by atoms with Crippen molar-refractivity contribution in [2.75, 3.05) is 0 Å². The molecule has 1 unspecified atom stereocenters. The molecule has 106 valence electrons. The third-order valence-corrected chi connectivity index (χ3v) is 3.91. The van der Waals surface area contributed by atoms with Gasteiger partial charge >= 0.3 is 0 Å². The summed E-state index contributed by atoms with van der Waals surface area (Å²) in [7, 11) is 0. The lowest BCUT2D eigenvalue weighted by Gasteiger charge is -2.31. The van der Waals surface area contributed by atoms with Crippen molar-refractivity contribution in [1.29, 1.82) is 0 Å². The van der Waals surface area contributed by atoms with Crippen LogP contribution in [0.15, 0.2) is 67.3 Å². The van der Waals surface area contributed by atoms with Gasteiger partial charge in [0.05, 0.1) is 0 Å². The molecule has 1 heterocycles. The molecule has 1 aliphatic rings.